The maximum Gasteiger partial charge on any atom is 0.160 e. The van der Waals surface area contributed by atoms with Gasteiger partial charge in [-0.1, -0.05) is 18.2 Å². The summed E-state index contributed by atoms with van der Waals surface area (Å²) < 4.78 is 5.51. The number of aldehydes is 1. The van der Waals surface area contributed by atoms with E-state index in [9.17, 15) is 4.79 Å². The Morgan fingerprint density at radius 2 is 1.93 bits per heavy atom. The van der Waals surface area contributed by atoms with Crippen LogP contribution in [0.3, 0.4) is 0 Å². The van der Waals surface area contributed by atoms with Crippen molar-refractivity contribution in [1.29, 1.82) is 0 Å². The van der Waals surface area contributed by atoms with Crippen molar-refractivity contribution >= 4 is 17.6 Å². The highest BCUT2D eigenvalue weighted by Gasteiger charge is 2.00. The fourth-order valence-corrected chi connectivity index (χ4v) is 1.68. The first-order valence-electron chi connectivity index (χ1n) is 4.15. The van der Waals surface area contributed by atoms with Gasteiger partial charge in [-0.2, -0.15) is 0 Å². The van der Waals surface area contributed by atoms with E-state index in [4.69, 9.17) is 4.74 Å². The van der Waals surface area contributed by atoms with E-state index in [1.165, 1.54) is 11.3 Å². The van der Waals surface area contributed by atoms with Crippen molar-refractivity contribution in [2.45, 2.75) is 0 Å². The first-order chi connectivity index (χ1) is 6.88. The lowest BCUT2D eigenvalue weighted by atomic mass is 10.3. The molecule has 0 aliphatic rings. The highest BCUT2D eigenvalue weighted by molar-refractivity contribution is 7.11. The molecule has 0 spiro atoms. The van der Waals surface area contributed by atoms with Crippen LogP contribution in [0.15, 0.2) is 41.8 Å². The SMILES string of the molecule is O=Cc1cc(Oc2ccccc2)cs1. The molecule has 2 aromatic rings. The van der Waals surface area contributed by atoms with Gasteiger partial charge in [0.15, 0.2) is 6.29 Å². The Morgan fingerprint density at radius 1 is 1.14 bits per heavy atom. The third-order valence-corrected chi connectivity index (χ3v) is 2.53. The standard InChI is InChI=1S/C11H8O2S/c12-7-11-6-10(8-14-11)13-9-4-2-1-3-5-9/h1-8H. The monoisotopic (exact) mass is 204 g/mol. The van der Waals surface area contributed by atoms with E-state index in [1.807, 2.05) is 35.7 Å². The van der Waals surface area contributed by atoms with E-state index in [2.05, 4.69) is 0 Å². The molecular formula is C11H8O2S. The molecule has 1 heterocycles. The Balaban J connectivity index is 2.15. The number of carbonyl (C=O) groups excluding carboxylic acids is 1. The lowest BCUT2D eigenvalue weighted by Crippen LogP contribution is -1.79. The summed E-state index contributed by atoms with van der Waals surface area (Å²) in [6, 6.07) is 11.2. The first-order valence-corrected chi connectivity index (χ1v) is 5.03. The average Bonchev–Trinajstić information content (AvgIpc) is 2.67. The largest absolute Gasteiger partial charge is 0.456 e. The van der Waals surface area contributed by atoms with Crippen LogP contribution in [0.25, 0.3) is 0 Å². The van der Waals surface area contributed by atoms with Crippen LogP contribution >= 0.6 is 11.3 Å². The maximum absolute atomic E-state index is 10.4. The number of hydrogen-bond donors (Lipinski definition) is 0. The zero-order valence-corrected chi connectivity index (χ0v) is 8.16. The number of para-hydroxylation sites is 1. The molecule has 0 saturated carbocycles. The van der Waals surface area contributed by atoms with Gasteiger partial charge in [-0.25, -0.2) is 0 Å². The molecule has 0 bridgehead atoms. The minimum Gasteiger partial charge on any atom is -0.456 e. The molecule has 0 fully saturated rings. The summed E-state index contributed by atoms with van der Waals surface area (Å²) in [6.07, 6.45) is 0.822. The Hall–Kier alpha value is -1.61. The number of thiophene rings is 1. The molecule has 0 atom stereocenters. The van der Waals surface area contributed by atoms with Gasteiger partial charge in [0.25, 0.3) is 0 Å². The molecule has 0 saturated heterocycles. The molecule has 0 N–H and O–H groups in total. The van der Waals surface area contributed by atoms with Crippen LogP contribution in [0.1, 0.15) is 9.67 Å². The summed E-state index contributed by atoms with van der Waals surface area (Å²) in [5.41, 5.74) is 0. The summed E-state index contributed by atoms with van der Waals surface area (Å²) in [4.78, 5) is 11.1. The molecule has 3 heteroatoms. The van der Waals surface area contributed by atoms with Crippen LogP contribution in [0.2, 0.25) is 0 Å². The van der Waals surface area contributed by atoms with Crippen LogP contribution in [0, 0.1) is 0 Å². The summed E-state index contributed by atoms with van der Waals surface area (Å²) in [6.45, 7) is 0. The molecule has 70 valence electrons. The van der Waals surface area contributed by atoms with Gasteiger partial charge < -0.3 is 4.74 Å². The van der Waals surface area contributed by atoms with Crippen LogP contribution in [0.5, 0.6) is 11.5 Å². The fraction of sp³-hybridized carbons (Fsp3) is 0. The quantitative estimate of drug-likeness (QED) is 0.716. The lowest BCUT2D eigenvalue weighted by molar-refractivity contribution is 0.112. The highest BCUT2D eigenvalue weighted by atomic mass is 32.1. The summed E-state index contributed by atoms with van der Waals surface area (Å²) in [5, 5.41) is 1.82. The summed E-state index contributed by atoms with van der Waals surface area (Å²) >= 11 is 1.38. The Labute approximate surface area is 85.8 Å². The van der Waals surface area contributed by atoms with E-state index in [0.29, 0.717) is 10.6 Å². The van der Waals surface area contributed by atoms with Gasteiger partial charge >= 0.3 is 0 Å². The molecule has 0 amide bonds. The van der Waals surface area contributed by atoms with Gasteiger partial charge in [0, 0.05) is 11.4 Å². The number of hydrogen-bond acceptors (Lipinski definition) is 3. The van der Waals surface area contributed by atoms with Crippen molar-refractivity contribution in [2.75, 3.05) is 0 Å². The van der Waals surface area contributed by atoms with Gasteiger partial charge in [0.1, 0.15) is 11.5 Å². The zero-order chi connectivity index (χ0) is 9.80. The predicted octanol–water partition coefficient (Wildman–Crippen LogP) is 3.35. The van der Waals surface area contributed by atoms with Gasteiger partial charge in [-0.3, -0.25) is 4.79 Å². The van der Waals surface area contributed by atoms with Crippen LogP contribution in [-0.2, 0) is 0 Å². The topological polar surface area (TPSA) is 26.3 Å². The van der Waals surface area contributed by atoms with Crippen LogP contribution in [0.4, 0.5) is 0 Å². The zero-order valence-electron chi connectivity index (χ0n) is 7.34. The number of rotatable bonds is 3. The molecule has 0 radical (unpaired) electrons. The van der Waals surface area contributed by atoms with E-state index < -0.39 is 0 Å². The predicted molar refractivity (Wildman–Crippen MR) is 56.2 cm³/mol. The van der Waals surface area contributed by atoms with Crippen molar-refractivity contribution in [3.8, 4) is 11.5 Å². The van der Waals surface area contributed by atoms with Crippen molar-refractivity contribution in [2.24, 2.45) is 0 Å². The molecule has 14 heavy (non-hydrogen) atoms. The minimum atomic E-state index is 0.677. The van der Waals surface area contributed by atoms with E-state index >= 15 is 0 Å². The first kappa shape index (κ1) is 8.97. The molecule has 0 aliphatic carbocycles. The van der Waals surface area contributed by atoms with E-state index in [-0.39, 0.29) is 0 Å². The van der Waals surface area contributed by atoms with E-state index in [1.54, 1.807) is 6.07 Å². The van der Waals surface area contributed by atoms with Crippen molar-refractivity contribution in [3.63, 3.8) is 0 Å². The minimum absolute atomic E-state index is 0.677. The van der Waals surface area contributed by atoms with Crippen LogP contribution < -0.4 is 4.74 Å². The lowest BCUT2D eigenvalue weighted by Gasteiger charge is -2.00. The van der Waals surface area contributed by atoms with Crippen molar-refractivity contribution < 1.29 is 9.53 Å². The van der Waals surface area contributed by atoms with Crippen LogP contribution in [-0.4, -0.2) is 6.29 Å². The average molecular weight is 204 g/mol. The van der Waals surface area contributed by atoms with Gasteiger partial charge in [0.05, 0.1) is 4.88 Å². The second-order valence-electron chi connectivity index (χ2n) is 2.72. The number of carbonyl (C=O) groups is 1. The maximum atomic E-state index is 10.4. The van der Waals surface area contributed by atoms with Gasteiger partial charge in [-0.15, -0.1) is 11.3 Å². The van der Waals surface area contributed by atoms with Crippen molar-refractivity contribution in [1.82, 2.24) is 0 Å². The number of benzene rings is 1. The van der Waals surface area contributed by atoms with Gasteiger partial charge in [-0.05, 0) is 12.1 Å². The molecule has 1 aromatic carbocycles. The molecule has 0 unspecified atom stereocenters. The summed E-state index contributed by atoms with van der Waals surface area (Å²) in [7, 11) is 0. The Bertz CT molecular complexity index is 420. The Morgan fingerprint density at radius 3 is 2.57 bits per heavy atom. The van der Waals surface area contributed by atoms with E-state index in [0.717, 1.165) is 12.0 Å². The van der Waals surface area contributed by atoms with Gasteiger partial charge in [0.2, 0.25) is 0 Å². The fourth-order valence-electron chi connectivity index (χ4n) is 1.07. The molecule has 2 nitrogen and oxygen atoms in total. The molecule has 1 aromatic heterocycles. The Kier molecular flexibility index (Phi) is 2.60. The normalized spacial score (nSPS) is 9.71. The number of ether oxygens (including phenoxy) is 1. The summed E-state index contributed by atoms with van der Waals surface area (Å²) in [5.74, 6) is 1.49. The molecule has 2 rings (SSSR count). The second kappa shape index (κ2) is 4.07. The second-order valence-corrected chi connectivity index (χ2v) is 3.66. The highest BCUT2D eigenvalue weighted by Crippen LogP contribution is 2.25. The van der Waals surface area contributed by atoms with Crippen molar-refractivity contribution in [3.05, 3.63) is 46.7 Å². The molecule has 0 aliphatic heterocycles. The third-order valence-electron chi connectivity index (χ3n) is 1.69. The smallest absolute Gasteiger partial charge is 0.160 e. The third kappa shape index (κ3) is 2.00. The molecular weight excluding hydrogens is 196 g/mol.